The molecule has 0 aromatic carbocycles. The zero-order valence-corrected chi connectivity index (χ0v) is 12.5. The first-order valence-corrected chi connectivity index (χ1v) is 9.21. The summed E-state index contributed by atoms with van der Waals surface area (Å²) < 4.78 is 0. The van der Waals surface area contributed by atoms with Crippen molar-refractivity contribution in [1.82, 2.24) is 5.43 Å². The van der Waals surface area contributed by atoms with E-state index in [0.717, 1.165) is 17.1 Å². The summed E-state index contributed by atoms with van der Waals surface area (Å²) in [5.41, 5.74) is 3.14. The summed E-state index contributed by atoms with van der Waals surface area (Å²) in [4.78, 5) is 0. The van der Waals surface area contributed by atoms with Gasteiger partial charge in [-0.2, -0.15) is 23.5 Å². The molecular formula is C13H26N2S2. The van der Waals surface area contributed by atoms with E-state index in [-0.39, 0.29) is 0 Å². The Labute approximate surface area is 114 Å². The van der Waals surface area contributed by atoms with E-state index < -0.39 is 0 Å². The van der Waals surface area contributed by atoms with Crippen molar-refractivity contribution in [2.24, 2.45) is 17.7 Å². The molecule has 100 valence electrons. The van der Waals surface area contributed by atoms with Crippen molar-refractivity contribution in [1.29, 1.82) is 0 Å². The molecule has 0 aromatic rings. The van der Waals surface area contributed by atoms with Gasteiger partial charge in [0.2, 0.25) is 0 Å². The monoisotopic (exact) mass is 274 g/mol. The fourth-order valence-corrected chi connectivity index (χ4v) is 6.16. The highest BCUT2D eigenvalue weighted by Crippen LogP contribution is 2.37. The summed E-state index contributed by atoms with van der Waals surface area (Å²) in [6.45, 7) is 2.33. The lowest BCUT2D eigenvalue weighted by atomic mass is 9.77. The molecule has 1 saturated heterocycles. The summed E-state index contributed by atoms with van der Waals surface area (Å²) in [6.07, 6.45) is 6.97. The van der Waals surface area contributed by atoms with E-state index in [1.165, 1.54) is 49.4 Å². The molecule has 2 aliphatic rings. The Hall–Kier alpha value is 0.620. The van der Waals surface area contributed by atoms with Gasteiger partial charge < -0.3 is 0 Å². The Morgan fingerprint density at radius 3 is 2.53 bits per heavy atom. The molecule has 2 unspecified atom stereocenters. The minimum atomic E-state index is 0.547. The van der Waals surface area contributed by atoms with Crippen LogP contribution in [0.5, 0.6) is 0 Å². The average Bonchev–Trinajstić information content (AvgIpc) is 2.42. The summed E-state index contributed by atoms with van der Waals surface area (Å²) >= 11 is 4.23. The zero-order chi connectivity index (χ0) is 12.1. The van der Waals surface area contributed by atoms with E-state index in [4.69, 9.17) is 5.84 Å². The van der Waals surface area contributed by atoms with Gasteiger partial charge in [-0.25, -0.2) is 0 Å². The van der Waals surface area contributed by atoms with Gasteiger partial charge in [0.15, 0.2) is 0 Å². The first-order valence-electron chi connectivity index (χ1n) is 7.00. The minimum absolute atomic E-state index is 0.547. The summed E-state index contributed by atoms with van der Waals surface area (Å²) in [6, 6.07) is 0.547. The standard InChI is InChI=1S/C13H26N2S2/c1-2-10-3-5-11(6-4-10)13(15-14)12-9-16-7-8-17-12/h10-13,15H,2-9,14H2,1H3. The summed E-state index contributed by atoms with van der Waals surface area (Å²) in [5, 5.41) is 0.738. The molecule has 0 spiro atoms. The highest BCUT2D eigenvalue weighted by Gasteiger charge is 2.32. The van der Waals surface area contributed by atoms with Gasteiger partial charge in [0.25, 0.3) is 0 Å². The molecule has 0 aromatic heterocycles. The van der Waals surface area contributed by atoms with Crippen LogP contribution in [0.15, 0.2) is 0 Å². The van der Waals surface area contributed by atoms with Gasteiger partial charge in [-0.3, -0.25) is 11.3 Å². The number of nitrogens with one attached hydrogen (secondary N) is 1. The molecule has 2 atom stereocenters. The van der Waals surface area contributed by atoms with Crippen molar-refractivity contribution >= 4 is 23.5 Å². The maximum Gasteiger partial charge on any atom is 0.0365 e. The molecule has 2 rings (SSSR count). The van der Waals surface area contributed by atoms with Crippen molar-refractivity contribution in [2.75, 3.05) is 17.3 Å². The first kappa shape index (κ1) is 14.0. The van der Waals surface area contributed by atoms with E-state index in [1.807, 2.05) is 0 Å². The number of hydrogen-bond donors (Lipinski definition) is 2. The SMILES string of the molecule is CCC1CCC(C(NN)C2CSCCS2)CC1. The predicted octanol–water partition coefficient (Wildman–Crippen LogP) is 2.88. The maximum absolute atomic E-state index is 5.83. The van der Waals surface area contributed by atoms with Crippen LogP contribution in [0.1, 0.15) is 39.0 Å². The average molecular weight is 274 g/mol. The second-order valence-corrected chi connectivity index (χ2v) is 7.86. The predicted molar refractivity (Wildman–Crippen MR) is 80.4 cm³/mol. The van der Waals surface area contributed by atoms with Crippen LogP contribution in [0.2, 0.25) is 0 Å². The van der Waals surface area contributed by atoms with Crippen LogP contribution in [-0.2, 0) is 0 Å². The zero-order valence-electron chi connectivity index (χ0n) is 10.9. The topological polar surface area (TPSA) is 38.0 Å². The fourth-order valence-electron chi connectivity index (χ4n) is 3.22. The van der Waals surface area contributed by atoms with Crippen molar-refractivity contribution in [3.63, 3.8) is 0 Å². The largest absolute Gasteiger partial charge is 0.271 e. The lowest BCUT2D eigenvalue weighted by molar-refractivity contribution is 0.218. The maximum atomic E-state index is 5.83. The smallest absolute Gasteiger partial charge is 0.0365 e. The first-order chi connectivity index (χ1) is 8.35. The molecule has 0 radical (unpaired) electrons. The lowest BCUT2D eigenvalue weighted by Crippen LogP contribution is -2.50. The molecule has 0 bridgehead atoms. The Morgan fingerprint density at radius 1 is 1.24 bits per heavy atom. The molecule has 1 aliphatic heterocycles. The van der Waals surface area contributed by atoms with Crippen LogP contribution in [0.25, 0.3) is 0 Å². The van der Waals surface area contributed by atoms with E-state index in [9.17, 15) is 0 Å². The number of nitrogens with two attached hydrogens (primary N) is 1. The molecule has 4 heteroatoms. The Morgan fingerprint density at radius 2 is 2.00 bits per heavy atom. The molecule has 1 saturated carbocycles. The lowest BCUT2D eigenvalue weighted by Gasteiger charge is -2.38. The third-order valence-corrected chi connectivity index (χ3v) is 7.30. The molecule has 2 nitrogen and oxygen atoms in total. The second-order valence-electron chi connectivity index (χ2n) is 5.37. The molecule has 1 aliphatic carbocycles. The van der Waals surface area contributed by atoms with Gasteiger partial charge in [-0.1, -0.05) is 26.2 Å². The molecule has 1 heterocycles. The van der Waals surface area contributed by atoms with Gasteiger partial charge in [0.1, 0.15) is 0 Å². The molecular weight excluding hydrogens is 248 g/mol. The van der Waals surface area contributed by atoms with Gasteiger partial charge >= 0.3 is 0 Å². The van der Waals surface area contributed by atoms with Crippen LogP contribution in [0.3, 0.4) is 0 Å². The van der Waals surface area contributed by atoms with Crippen LogP contribution < -0.4 is 11.3 Å². The van der Waals surface area contributed by atoms with Crippen LogP contribution >= 0.6 is 23.5 Å². The highest BCUT2D eigenvalue weighted by atomic mass is 32.2. The highest BCUT2D eigenvalue weighted by molar-refractivity contribution is 8.06. The van der Waals surface area contributed by atoms with E-state index >= 15 is 0 Å². The third kappa shape index (κ3) is 3.79. The van der Waals surface area contributed by atoms with Gasteiger partial charge in [0.05, 0.1) is 0 Å². The van der Waals surface area contributed by atoms with Gasteiger partial charge in [0, 0.05) is 28.6 Å². The van der Waals surface area contributed by atoms with Crippen molar-refractivity contribution in [2.45, 2.75) is 50.3 Å². The number of thioether (sulfide) groups is 2. The molecule has 2 fully saturated rings. The summed E-state index contributed by atoms with van der Waals surface area (Å²) in [5.74, 6) is 11.5. The van der Waals surface area contributed by atoms with Crippen molar-refractivity contribution < 1.29 is 0 Å². The normalized spacial score (nSPS) is 36.7. The van der Waals surface area contributed by atoms with Crippen LogP contribution in [0.4, 0.5) is 0 Å². The van der Waals surface area contributed by atoms with Gasteiger partial charge in [-0.05, 0) is 24.7 Å². The molecule has 3 N–H and O–H groups in total. The van der Waals surface area contributed by atoms with E-state index in [1.54, 1.807) is 0 Å². The summed E-state index contributed by atoms with van der Waals surface area (Å²) in [7, 11) is 0. The van der Waals surface area contributed by atoms with E-state index in [2.05, 4.69) is 35.9 Å². The number of hydrogen-bond acceptors (Lipinski definition) is 4. The third-order valence-electron chi connectivity index (χ3n) is 4.41. The Balaban J connectivity index is 1.85. The van der Waals surface area contributed by atoms with Crippen molar-refractivity contribution in [3.05, 3.63) is 0 Å². The van der Waals surface area contributed by atoms with E-state index in [0.29, 0.717) is 6.04 Å². The second kappa shape index (κ2) is 7.27. The fraction of sp³-hybridized carbons (Fsp3) is 1.00. The number of rotatable bonds is 4. The number of hydrazine groups is 1. The minimum Gasteiger partial charge on any atom is -0.271 e. The molecule has 17 heavy (non-hydrogen) atoms. The Kier molecular flexibility index (Phi) is 6.00. The van der Waals surface area contributed by atoms with Gasteiger partial charge in [-0.15, -0.1) is 0 Å². The quantitative estimate of drug-likeness (QED) is 0.611. The van der Waals surface area contributed by atoms with Crippen molar-refractivity contribution in [3.8, 4) is 0 Å². The Bertz CT molecular complexity index is 211. The van der Waals surface area contributed by atoms with Crippen LogP contribution in [-0.4, -0.2) is 28.6 Å². The molecule has 0 amide bonds. The van der Waals surface area contributed by atoms with Crippen LogP contribution in [0, 0.1) is 11.8 Å².